The first-order chi connectivity index (χ1) is 7.75. The fourth-order valence-corrected chi connectivity index (χ4v) is 1.70. The van der Waals surface area contributed by atoms with Crippen molar-refractivity contribution in [2.24, 2.45) is 5.73 Å². The van der Waals surface area contributed by atoms with Gasteiger partial charge in [0.15, 0.2) is 0 Å². The lowest BCUT2D eigenvalue weighted by Gasteiger charge is -2.14. The maximum atomic E-state index is 5.91. The average molecular weight is 240 g/mol. The number of halogens is 1. The van der Waals surface area contributed by atoms with E-state index in [9.17, 15) is 0 Å². The molecule has 1 atom stereocenters. The third kappa shape index (κ3) is 2.90. The Kier molecular flexibility index (Phi) is 3.70. The summed E-state index contributed by atoms with van der Waals surface area (Å²) in [7, 11) is 0. The first kappa shape index (κ1) is 11.3. The van der Waals surface area contributed by atoms with Crippen LogP contribution in [0.2, 0.25) is 5.02 Å². The summed E-state index contributed by atoms with van der Waals surface area (Å²) < 4.78 is 10.9. The molecule has 0 aliphatic carbocycles. The van der Waals surface area contributed by atoms with E-state index in [2.05, 4.69) is 0 Å². The standard InChI is InChI=1S/C12H14ClNO2/c13-9-3-1-4-10(7-9)16-8-11(14)12-5-2-6-15-12/h1,3-5,7,11H,2,6,8,14H2. The van der Waals surface area contributed by atoms with Crippen LogP contribution in [0.4, 0.5) is 0 Å². The van der Waals surface area contributed by atoms with Crippen molar-refractivity contribution in [2.75, 3.05) is 13.2 Å². The van der Waals surface area contributed by atoms with Gasteiger partial charge in [-0.2, -0.15) is 0 Å². The summed E-state index contributed by atoms with van der Waals surface area (Å²) in [5.41, 5.74) is 5.91. The van der Waals surface area contributed by atoms with Crippen LogP contribution in [0, 0.1) is 0 Å². The number of rotatable bonds is 4. The quantitative estimate of drug-likeness (QED) is 0.877. The monoisotopic (exact) mass is 239 g/mol. The molecule has 1 unspecified atom stereocenters. The van der Waals surface area contributed by atoms with Crippen LogP contribution in [0.3, 0.4) is 0 Å². The van der Waals surface area contributed by atoms with Crippen molar-refractivity contribution in [2.45, 2.75) is 12.5 Å². The van der Waals surface area contributed by atoms with E-state index >= 15 is 0 Å². The van der Waals surface area contributed by atoms with Gasteiger partial charge < -0.3 is 15.2 Å². The predicted molar refractivity (Wildman–Crippen MR) is 63.6 cm³/mol. The van der Waals surface area contributed by atoms with Gasteiger partial charge in [-0.05, 0) is 24.3 Å². The molecule has 0 fully saturated rings. The number of nitrogens with two attached hydrogens (primary N) is 1. The Morgan fingerprint density at radius 3 is 3.06 bits per heavy atom. The summed E-state index contributed by atoms with van der Waals surface area (Å²) in [5.74, 6) is 1.54. The molecule has 1 aromatic rings. The highest BCUT2D eigenvalue weighted by atomic mass is 35.5. The molecule has 1 heterocycles. The Labute approximate surface area is 99.8 Å². The SMILES string of the molecule is NC(COc1cccc(Cl)c1)C1=CCCO1. The van der Waals surface area contributed by atoms with E-state index in [-0.39, 0.29) is 6.04 Å². The number of ether oxygens (including phenoxy) is 2. The van der Waals surface area contributed by atoms with Gasteiger partial charge in [0.05, 0.1) is 12.6 Å². The van der Waals surface area contributed by atoms with Crippen molar-refractivity contribution >= 4 is 11.6 Å². The third-order valence-electron chi connectivity index (χ3n) is 2.32. The topological polar surface area (TPSA) is 44.5 Å². The van der Waals surface area contributed by atoms with Crippen LogP contribution in [-0.4, -0.2) is 19.3 Å². The van der Waals surface area contributed by atoms with E-state index in [4.69, 9.17) is 26.8 Å². The Morgan fingerprint density at radius 1 is 1.50 bits per heavy atom. The van der Waals surface area contributed by atoms with Crippen molar-refractivity contribution < 1.29 is 9.47 Å². The van der Waals surface area contributed by atoms with Crippen molar-refractivity contribution in [3.63, 3.8) is 0 Å². The average Bonchev–Trinajstić information content (AvgIpc) is 2.79. The van der Waals surface area contributed by atoms with Gasteiger partial charge >= 0.3 is 0 Å². The Bertz CT molecular complexity index is 392. The van der Waals surface area contributed by atoms with Gasteiger partial charge in [0.2, 0.25) is 0 Å². The summed E-state index contributed by atoms with van der Waals surface area (Å²) in [5, 5.41) is 0.655. The van der Waals surface area contributed by atoms with E-state index in [0.29, 0.717) is 11.6 Å². The minimum absolute atomic E-state index is 0.207. The van der Waals surface area contributed by atoms with Crippen LogP contribution in [0.25, 0.3) is 0 Å². The second-order valence-corrected chi connectivity index (χ2v) is 4.05. The normalized spacial score (nSPS) is 16.5. The molecule has 0 radical (unpaired) electrons. The predicted octanol–water partition coefficient (Wildman–Crippen LogP) is 2.35. The van der Waals surface area contributed by atoms with Crippen molar-refractivity contribution in [1.82, 2.24) is 0 Å². The summed E-state index contributed by atoms with van der Waals surface area (Å²) >= 11 is 5.84. The van der Waals surface area contributed by atoms with Crippen LogP contribution in [0.1, 0.15) is 6.42 Å². The van der Waals surface area contributed by atoms with E-state index in [1.807, 2.05) is 18.2 Å². The fraction of sp³-hybridized carbons (Fsp3) is 0.333. The molecule has 16 heavy (non-hydrogen) atoms. The van der Waals surface area contributed by atoms with Crippen molar-refractivity contribution in [3.8, 4) is 5.75 Å². The molecule has 0 saturated carbocycles. The van der Waals surface area contributed by atoms with Gasteiger partial charge in [0, 0.05) is 11.4 Å². The molecule has 1 aromatic carbocycles. The van der Waals surface area contributed by atoms with Crippen LogP contribution in [0.15, 0.2) is 36.1 Å². The number of hydrogen-bond acceptors (Lipinski definition) is 3. The lowest BCUT2D eigenvalue weighted by molar-refractivity contribution is 0.198. The molecule has 0 saturated heterocycles. The first-order valence-electron chi connectivity index (χ1n) is 5.22. The molecule has 0 amide bonds. The molecule has 0 bridgehead atoms. The largest absolute Gasteiger partial charge is 0.496 e. The van der Waals surface area contributed by atoms with Crippen LogP contribution in [0.5, 0.6) is 5.75 Å². The Morgan fingerprint density at radius 2 is 2.38 bits per heavy atom. The van der Waals surface area contributed by atoms with Crippen LogP contribution >= 0.6 is 11.6 Å². The van der Waals surface area contributed by atoms with Gasteiger partial charge in [-0.25, -0.2) is 0 Å². The molecule has 2 N–H and O–H groups in total. The molecule has 4 heteroatoms. The third-order valence-corrected chi connectivity index (χ3v) is 2.56. The summed E-state index contributed by atoms with van der Waals surface area (Å²) in [6, 6.07) is 7.05. The Hall–Kier alpha value is -1.19. The fourth-order valence-electron chi connectivity index (χ4n) is 1.52. The molecular weight excluding hydrogens is 226 g/mol. The maximum absolute atomic E-state index is 5.91. The highest BCUT2D eigenvalue weighted by Gasteiger charge is 2.15. The minimum Gasteiger partial charge on any atom is -0.496 e. The second kappa shape index (κ2) is 5.23. The number of benzene rings is 1. The minimum atomic E-state index is -0.207. The molecule has 3 nitrogen and oxygen atoms in total. The van der Waals surface area contributed by atoms with E-state index < -0.39 is 0 Å². The van der Waals surface area contributed by atoms with E-state index in [1.54, 1.807) is 12.1 Å². The maximum Gasteiger partial charge on any atom is 0.120 e. The molecule has 0 aromatic heterocycles. The smallest absolute Gasteiger partial charge is 0.120 e. The molecular formula is C12H14ClNO2. The summed E-state index contributed by atoms with van der Waals surface area (Å²) in [4.78, 5) is 0. The molecule has 2 rings (SSSR count). The summed E-state index contributed by atoms with van der Waals surface area (Å²) in [6.07, 6.45) is 2.94. The van der Waals surface area contributed by atoms with Gasteiger partial charge in [-0.3, -0.25) is 0 Å². The second-order valence-electron chi connectivity index (χ2n) is 3.62. The number of hydrogen-bond donors (Lipinski definition) is 1. The van der Waals surface area contributed by atoms with E-state index in [1.165, 1.54) is 0 Å². The first-order valence-corrected chi connectivity index (χ1v) is 5.60. The lowest BCUT2D eigenvalue weighted by Crippen LogP contribution is -2.30. The van der Waals surface area contributed by atoms with Crippen LogP contribution < -0.4 is 10.5 Å². The zero-order valence-electron chi connectivity index (χ0n) is 8.86. The lowest BCUT2D eigenvalue weighted by atomic mass is 10.2. The highest BCUT2D eigenvalue weighted by molar-refractivity contribution is 6.30. The highest BCUT2D eigenvalue weighted by Crippen LogP contribution is 2.18. The molecule has 1 aliphatic heterocycles. The molecule has 0 spiro atoms. The van der Waals surface area contributed by atoms with Gasteiger partial charge in [0.25, 0.3) is 0 Å². The molecule has 1 aliphatic rings. The van der Waals surface area contributed by atoms with Crippen LogP contribution in [-0.2, 0) is 4.74 Å². The molecule has 86 valence electrons. The zero-order chi connectivity index (χ0) is 11.4. The van der Waals surface area contributed by atoms with E-state index in [0.717, 1.165) is 24.5 Å². The van der Waals surface area contributed by atoms with Crippen molar-refractivity contribution in [3.05, 3.63) is 41.1 Å². The van der Waals surface area contributed by atoms with Gasteiger partial charge in [-0.15, -0.1) is 0 Å². The van der Waals surface area contributed by atoms with Gasteiger partial charge in [-0.1, -0.05) is 17.7 Å². The summed E-state index contributed by atoms with van der Waals surface area (Å²) in [6.45, 7) is 1.12. The van der Waals surface area contributed by atoms with Crippen molar-refractivity contribution in [1.29, 1.82) is 0 Å². The Balaban J connectivity index is 1.87. The zero-order valence-corrected chi connectivity index (χ0v) is 9.61. The van der Waals surface area contributed by atoms with Gasteiger partial charge in [0.1, 0.15) is 18.1 Å².